The average Bonchev–Trinajstić information content (AvgIpc) is 2.78. The quantitative estimate of drug-likeness (QED) is 0.730. The minimum Gasteiger partial charge on any atom is -0.299 e. The Balaban J connectivity index is 1.82. The highest BCUT2D eigenvalue weighted by molar-refractivity contribution is 4.98. The van der Waals surface area contributed by atoms with Crippen LogP contribution < -0.4 is 0 Å². The zero-order valence-corrected chi connectivity index (χ0v) is 10.5. The molecule has 1 saturated carbocycles. The van der Waals surface area contributed by atoms with Crippen LogP contribution in [-0.4, -0.2) is 24.0 Å². The van der Waals surface area contributed by atoms with E-state index in [0.29, 0.717) is 12.0 Å². The zero-order chi connectivity index (χ0) is 11.4. The molecule has 0 radical (unpaired) electrons. The highest BCUT2D eigenvalue weighted by atomic mass is 15.2. The van der Waals surface area contributed by atoms with Crippen molar-refractivity contribution in [1.82, 2.24) is 4.90 Å². The van der Waals surface area contributed by atoms with E-state index in [1.807, 2.05) is 0 Å². The van der Waals surface area contributed by atoms with Gasteiger partial charge in [-0.05, 0) is 44.7 Å². The van der Waals surface area contributed by atoms with Crippen LogP contribution in [0.4, 0.5) is 0 Å². The minimum absolute atomic E-state index is 0.322. The lowest BCUT2D eigenvalue weighted by atomic mass is 9.90. The van der Waals surface area contributed by atoms with Crippen molar-refractivity contribution in [2.24, 2.45) is 11.8 Å². The fourth-order valence-corrected chi connectivity index (χ4v) is 3.51. The third-order valence-corrected chi connectivity index (χ3v) is 4.46. The number of nitriles is 1. The van der Waals surface area contributed by atoms with E-state index in [0.717, 1.165) is 12.3 Å². The van der Waals surface area contributed by atoms with Crippen molar-refractivity contribution in [2.45, 2.75) is 57.9 Å². The van der Waals surface area contributed by atoms with E-state index in [1.54, 1.807) is 0 Å². The van der Waals surface area contributed by atoms with Gasteiger partial charge in [0.05, 0.1) is 12.0 Å². The van der Waals surface area contributed by atoms with Crippen molar-refractivity contribution in [3.05, 3.63) is 0 Å². The second-order valence-corrected chi connectivity index (χ2v) is 5.50. The van der Waals surface area contributed by atoms with Crippen LogP contribution >= 0.6 is 0 Å². The molecule has 0 N–H and O–H groups in total. The lowest BCUT2D eigenvalue weighted by Gasteiger charge is -2.37. The highest BCUT2D eigenvalue weighted by Gasteiger charge is 2.33. The summed E-state index contributed by atoms with van der Waals surface area (Å²) < 4.78 is 0. The molecule has 0 spiro atoms. The average molecular weight is 220 g/mol. The number of piperidine rings is 1. The molecule has 1 saturated heterocycles. The predicted octanol–water partition coefficient (Wildman–Crippen LogP) is 3.19. The molecular formula is C14H24N2. The summed E-state index contributed by atoms with van der Waals surface area (Å²) in [6.07, 6.45) is 9.12. The largest absolute Gasteiger partial charge is 0.299 e. The first-order valence-corrected chi connectivity index (χ1v) is 6.98. The van der Waals surface area contributed by atoms with Gasteiger partial charge in [0.2, 0.25) is 0 Å². The topological polar surface area (TPSA) is 27.0 Å². The second kappa shape index (κ2) is 5.68. The van der Waals surface area contributed by atoms with E-state index >= 15 is 0 Å². The molecule has 2 unspecified atom stereocenters. The Morgan fingerprint density at radius 2 is 1.94 bits per heavy atom. The molecule has 16 heavy (non-hydrogen) atoms. The molecule has 2 rings (SSSR count). The van der Waals surface area contributed by atoms with E-state index < -0.39 is 0 Å². The molecular weight excluding hydrogens is 196 g/mol. The molecule has 1 aliphatic heterocycles. The first-order chi connectivity index (χ1) is 7.85. The third-order valence-electron chi connectivity index (χ3n) is 4.46. The molecule has 90 valence electrons. The number of hydrogen-bond donors (Lipinski definition) is 0. The fourth-order valence-electron chi connectivity index (χ4n) is 3.51. The van der Waals surface area contributed by atoms with Gasteiger partial charge in [-0.25, -0.2) is 0 Å². The van der Waals surface area contributed by atoms with Crippen molar-refractivity contribution >= 4 is 0 Å². The van der Waals surface area contributed by atoms with Crippen LogP contribution in [0, 0.1) is 23.2 Å². The molecule has 0 aromatic carbocycles. The molecule has 2 atom stereocenters. The van der Waals surface area contributed by atoms with Crippen LogP contribution in [0.5, 0.6) is 0 Å². The van der Waals surface area contributed by atoms with Crippen LogP contribution in [0.1, 0.15) is 51.9 Å². The lowest BCUT2D eigenvalue weighted by molar-refractivity contribution is 0.117. The van der Waals surface area contributed by atoms with Crippen molar-refractivity contribution in [2.75, 3.05) is 13.1 Å². The summed E-state index contributed by atoms with van der Waals surface area (Å²) in [5.41, 5.74) is 0. The first kappa shape index (κ1) is 11.9. The van der Waals surface area contributed by atoms with Crippen LogP contribution in [0.3, 0.4) is 0 Å². The van der Waals surface area contributed by atoms with Crippen molar-refractivity contribution in [1.29, 1.82) is 5.26 Å². The van der Waals surface area contributed by atoms with E-state index in [1.165, 1.54) is 51.6 Å². The van der Waals surface area contributed by atoms with Crippen LogP contribution in [0.2, 0.25) is 0 Å². The van der Waals surface area contributed by atoms with Gasteiger partial charge < -0.3 is 0 Å². The number of nitrogens with zero attached hydrogens (tertiary/aromatic N) is 2. The Hall–Kier alpha value is -0.550. The van der Waals surface area contributed by atoms with Crippen LogP contribution in [0.25, 0.3) is 0 Å². The van der Waals surface area contributed by atoms with Gasteiger partial charge >= 0.3 is 0 Å². The second-order valence-electron chi connectivity index (χ2n) is 5.50. The number of hydrogen-bond acceptors (Lipinski definition) is 2. The Labute approximate surface area is 99.6 Å². The molecule has 2 heteroatoms. The van der Waals surface area contributed by atoms with Crippen molar-refractivity contribution in [3.8, 4) is 6.07 Å². The van der Waals surface area contributed by atoms with Crippen LogP contribution in [0.15, 0.2) is 0 Å². The third kappa shape index (κ3) is 2.58. The van der Waals surface area contributed by atoms with Crippen molar-refractivity contribution < 1.29 is 0 Å². The van der Waals surface area contributed by atoms with Gasteiger partial charge in [-0.15, -0.1) is 0 Å². The molecule has 2 aliphatic rings. The molecule has 2 fully saturated rings. The minimum atomic E-state index is 0.322. The van der Waals surface area contributed by atoms with Gasteiger partial charge in [0.15, 0.2) is 0 Å². The molecule has 0 aromatic heterocycles. The summed E-state index contributed by atoms with van der Waals surface area (Å²) in [5.74, 6) is 1.28. The molecule has 1 aliphatic carbocycles. The van der Waals surface area contributed by atoms with E-state index in [9.17, 15) is 0 Å². The summed E-state index contributed by atoms with van der Waals surface area (Å²) in [4.78, 5) is 2.60. The van der Waals surface area contributed by atoms with Gasteiger partial charge in [0, 0.05) is 6.04 Å². The lowest BCUT2D eigenvalue weighted by Crippen LogP contribution is -2.42. The summed E-state index contributed by atoms with van der Waals surface area (Å²) in [7, 11) is 0. The molecule has 2 nitrogen and oxygen atoms in total. The normalized spacial score (nSPS) is 32.8. The Kier molecular flexibility index (Phi) is 4.23. The highest BCUT2D eigenvalue weighted by Crippen LogP contribution is 2.32. The van der Waals surface area contributed by atoms with E-state index in [4.69, 9.17) is 5.26 Å². The van der Waals surface area contributed by atoms with Gasteiger partial charge in [0.25, 0.3) is 0 Å². The summed E-state index contributed by atoms with van der Waals surface area (Å²) in [5, 5.41) is 9.13. The maximum absolute atomic E-state index is 9.13. The summed E-state index contributed by atoms with van der Waals surface area (Å²) in [6.45, 7) is 4.77. The molecule has 0 bridgehead atoms. The van der Waals surface area contributed by atoms with Gasteiger partial charge in [0.1, 0.15) is 0 Å². The maximum Gasteiger partial charge on any atom is 0.0672 e. The van der Waals surface area contributed by atoms with Gasteiger partial charge in [-0.1, -0.05) is 26.2 Å². The number of rotatable bonds is 3. The predicted molar refractivity (Wildman–Crippen MR) is 65.9 cm³/mol. The standard InChI is InChI=1S/C14H24N2/c1-2-4-12-7-9-16(10-8-12)14-6-3-5-13(14)11-15/h12-14H,2-10H2,1H3. The van der Waals surface area contributed by atoms with Gasteiger partial charge in [-0.2, -0.15) is 5.26 Å². The zero-order valence-electron chi connectivity index (χ0n) is 10.5. The monoisotopic (exact) mass is 220 g/mol. The Bertz CT molecular complexity index is 248. The molecule has 1 heterocycles. The van der Waals surface area contributed by atoms with Gasteiger partial charge in [-0.3, -0.25) is 4.90 Å². The fraction of sp³-hybridized carbons (Fsp3) is 0.929. The SMILES string of the molecule is CCCC1CCN(C2CCCC2C#N)CC1. The molecule has 0 amide bonds. The smallest absolute Gasteiger partial charge is 0.0672 e. The van der Waals surface area contributed by atoms with E-state index in [2.05, 4.69) is 17.9 Å². The van der Waals surface area contributed by atoms with Crippen LogP contribution in [-0.2, 0) is 0 Å². The first-order valence-electron chi connectivity index (χ1n) is 6.98. The Morgan fingerprint density at radius 1 is 1.19 bits per heavy atom. The maximum atomic E-state index is 9.13. The Morgan fingerprint density at radius 3 is 2.56 bits per heavy atom. The summed E-state index contributed by atoms with van der Waals surface area (Å²) >= 11 is 0. The number of likely N-dealkylation sites (tertiary alicyclic amines) is 1. The molecule has 0 aromatic rings. The summed E-state index contributed by atoms with van der Waals surface area (Å²) in [6, 6.07) is 3.10. The van der Waals surface area contributed by atoms with Crippen molar-refractivity contribution in [3.63, 3.8) is 0 Å². The van der Waals surface area contributed by atoms with E-state index in [-0.39, 0.29) is 0 Å².